The van der Waals surface area contributed by atoms with Gasteiger partial charge in [-0.3, -0.25) is 14.9 Å². The molecule has 0 aliphatic heterocycles. The molecule has 1 aromatic rings. The van der Waals surface area contributed by atoms with E-state index in [1.54, 1.807) is 0 Å². The number of carboxylic acid groups (broad SMARTS) is 2. The SMILES string of the molecule is O=C(O)CNC(CCCCCOc1ccccc1)C(=O)O. The molecule has 0 amide bonds. The van der Waals surface area contributed by atoms with E-state index in [0.29, 0.717) is 19.4 Å². The third kappa shape index (κ3) is 7.94. The topological polar surface area (TPSA) is 95.9 Å². The maximum Gasteiger partial charge on any atom is 0.320 e. The Kier molecular flexibility index (Phi) is 7.89. The lowest BCUT2D eigenvalue weighted by molar-refractivity contribution is -0.140. The van der Waals surface area contributed by atoms with E-state index in [9.17, 15) is 9.59 Å². The van der Waals surface area contributed by atoms with Crippen LogP contribution in [0.3, 0.4) is 0 Å². The van der Waals surface area contributed by atoms with E-state index >= 15 is 0 Å². The van der Waals surface area contributed by atoms with Crippen LogP contribution in [0.4, 0.5) is 0 Å². The molecule has 21 heavy (non-hydrogen) atoms. The lowest BCUT2D eigenvalue weighted by Gasteiger charge is -2.12. The Morgan fingerprint density at radius 2 is 1.81 bits per heavy atom. The van der Waals surface area contributed by atoms with E-state index in [1.165, 1.54) is 0 Å². The van der Waals surface area contributed by atoms with E-state index in [1.807, 2.05) is 30.3 Å². The number of carbonyl (C=O) groups is 2. The average molecular weight is 295 g/mol. The molecule has 1 rings (SSSR count). The second-order valence-corrected chi connectivity index (χ2v) is 4.68. The number of ether oxygens (including phenoxy) is 1. The van der Waals surface area contributed by atoms with E-state index < -0.39 is 18.0 Å². The van der Waals surface area contributed by atoms with Gasteiger partial charge in [-0.2, -0.15) is 0 Å². The molecule has 6 heteroatoms. The van der Waals surface area contributed by atoms with Crippen molar-refractivity contribution in [3.8, 4) is 5.75 Å². The van der Waals surface area contributed by atoms with Gasteiger partial charge in [-0.1, -0.05) is 24.6 Å². The summed E-state index contributed by atoms with van der Waals surface area (Å²) >= 11 is 0. The zero-order valence-electron chi connectivity index (χ0n) is 11.8. The lowest BCUT2D eigenvalue weighted by Crippen LogP contribution is -2.39. The first kappa shape index (κ1) is 17.0. The fourth-order valence-corrected chi connectivity index (χ4v) is 1.86. The fraction of sp³-hybridized carbons (Fsp3) is 0.467. The van der Waals surface area contributed by atoms with Crippen LogP contribution in [-0.4, -0.2) is 41.3 Å². The van der Waals surface area contributed by atoms with Crippen molar-refractivity contribution in [2.45, 2.75) is 31.7 Å². The van der Waals surface area contributed by atoms with Gasteiger partial charge in [0.2, 0.25) is 0 Å². The molecule has 0 aromatic heterocycles. The number of benzene rings is 1. The summed E-state index contributed by atoms with van der Waals surface area (Å²) in [5, 5.41) is 20.0. The molecule has 0 spiro atoms. The lowest BCUT2D eigenvalue weighted by atomic mass is 10.1. The van der Waals surface area contributed by atoms with Crippen molar-refractivity contribution in [3.63, 3.8) is 0 Å². The molecule has 0 radical (unpaired) electrons. The molecule has 116 valence electrons. The van der Waals surface area contributed by atoms with Gasteiger partial charge in [-0.05, 0) is 31.4 Å². The summed E-state index contributed by atoms with van der Waals surface area (Å²) < 4.78 is 5.53. The molecule has 0 bridgehead atoms. The summed E-state index contributed by atoms with van der Waals surface area (Å²) in [6.45, 7) is 0.248. The Labute approximate surface area is 123 Å². The Balaban J connectivity index is 2.11. The Hall–Kier alpha value is -2.08. The number of rotatable bonds is 11. The minimum absolute atomic E-state index is 0.339. The maximum absolute atomic E-state index is 10.9. The zero-order chi connectivity index (χ0) is 15.5. The highest BCUT2D eigenvalue weighted by Gasteiger charge is 2.16. The minimum Gasteiger partial charge on any atom is -0.494 e. The van der Waals surface area contributed by atoms with E-state index in [2.05, 4.69) is 5.32 Å². The molecule has 0 saturated carbocycles. The molecule has 1 atom stereocenters. The molecular weight excluding hydrogens is 274 g/mol. The van der Waals surface area contributed by atoms with Gasteiger partial charge in [-0.25, -0.2) is 0 Å². The predicted octanol–water partition coefficient (Wildman–Crippen LogP) is 1.75. The average Bonchev–Trinajstić information content (AvgIpc) is 2.46. The van der Waals surface area contributed by atoms with Crippen LogP contribution in [0.25, 0.3) is 0 Å². The Morgan fingerprint density at radius 1 is 1.10 bits per heavy atom. The largest absolute Gasteiger partial charge is 0.494 e. The highest BCUT2D eigenvalue weighted by Crippen LogP contribution is 2.10. The first-order valence-electron chi connectivity index (χ1n) is 6.95. The summed E-state index contributed by atoms with van der Waals surface area (Å²) in [4.78, 5) is 21.3. The first-order valence-corrected chi connectivity index (χ1v) is 6.95. The van der Waals surface area contributed by atoms with Gasteiger partial charge in [0, 0.05) is 0 Å². The quantitative estimate of drug-likeness (QED) is 0.538. The fourth-order valence-electron chi connectivity index (χ4n) is 1.86. The van der Waals surface area contributed by atoms with Crippen LogP contribution >= 0.6 is 0 Å². The van der Waals surface area contributed by atoms with Crippen LogP contribution in [0.2, 0.25) is 0 Å². The van der Waals surface area contributed by atoms with Crippen LogP contribution in [0.15, 0.2) is 30.3 Å². The second kappa shape index (κ2) is 9.77. The van der Waals surface area contributed by atoms with Gasteiger partial charge < -0.3 is 14.9 Å². The molecule has 0 aliphatic rings. The van der Waals surface area contributed by atoms with E-state index in [4.69, 9.17) is 14.9 Å². The molecule has 0 aliphatic carbocycles. The number of hydrogen-bond donors (Lipinski definition) is 3. The maximum atomic E-state index is 10.9. The zero-order valence-corrected chi connectivity index (χ0v) is 11.8. The first-order chi connectivity index (χ1) is 10.1. The molecule has 0 saturated heterocycles. The minimum atomic E-state index is -1.06. The van der Waals surface area contributed by atoms with Crippen LogP contribution < -0.4 is 10.1 Å². The van der Waals surface area contributed by atoms with Gasteiger partial charge >= 0.3 is 11.9 Å². The molecule has 3 N–H and O–H groups in total. The number of para-hydroxylation sites is 1. The number of carboxylic acids is 2. The van der Waals surface area contributed by atoms with Gasteiger partial charge in [0.25, 0.3) is 0 Å². The standard InChI is InChI=1S/C15H21NO5/c17-14(18)11-16-13(15(19)20)9-5-2-6-10-21-12-7-3-1-4-8-12/h1,3-4,7-8,13,16H,2,5-6,9-11H2,(H,17,18)(H,19,20). The van der Waals surface area contributed by atoms with Crippen molar-refractivity contribution in [3.05, 3.63) is 30.3 Å². The molecule has 1 aromatic carbocycles. The van der Waals surface area contributed by atoms with Crippen LogP contribution in [-0.2, 0) is 9.59 Å². The highest BCUT2D eigenvalue weighted by atomic mass is 16.5. The van der Waals surface area contributed by atoms with Crippen LogP contribution in [0, 0.1) is 0 Å². The molecule has 6 nitrogen and oxygen atoms in total. The second-order valence-electron chi connectivity index (χ2n) is 4.68. The van der Waals surface area contributed by atoms with Gasteiger partial charge in [0.15, 0.2) is 0 Å². The normalized spacial score (nSPS) is 11.8. The number of unbranched alkanes of at least 4 members (excludes halogenated alkanes) is 2. The van der Waals surface area contributed by atoms with Crippen LogP contribution in [0.5, 0.6) is 5.75 Å². The van der Waals surface area contributed by atoms with Crippen molar-refractivity contribution in [1.82, 2.24) is 5.32 Å². The monoisotopic (exact) mass is 295 g/mol. The van der Waals surface area contributed by atoms with Crippen LogP contribution in [0.1, 0.15) is 25.7 Å². The summed E-state index contributed by atoms with van der Waals surface area (Å²) in [5.41, 5.74) is 0. The molecular formula is C15H21NO5. The predicted molar refractivity (Wildman–Crippen MR) is 77.5 cm³/mol. The number of aliphatic carboxylic acids is 2. The van der Waals surface area contributed by atoms with Gasteiger partial charge in [-0.15, -0.1) is 0 Å². The highest BCUT2D eigenvalue weighted by molar-refractivity contribution is 5.75. The molecule has 1 unspecified atom stereocenters. The summed E-state index contributed by atoms with van der Waals surface area (Å²) in [6, 6.07) is 8.69. The summed E-state index contributed by atoms with van der Waals surface area (Å²) in [5.74, 6) is -1.25. The number of nitrogens with one attached hydrogen (secondary N) is 1. The Morgan fingerprint density at radius 3 is 2.43 bits per heavy atom. The van der Waals surface area contributed by atoms with E-state index in [0.717, 1.165) is 18.6 Å². The van der Waals surface area contributed by atoms with Crippen molar-refractivity contribution in [2.24, 2.45) is 0 Å². The van der Waals surface area contributed by atoms with Gasteiger partial charge in [0.05, 0.1) is 13.2 Å². The van der Waals surface area contributed by atoms with Crippen molar-refractivity contribution in [2.75, 3.05) is 13.2 Å². The smallest absolute Gasteiger partial charge is 0.320 e. The van der Waals surface area contributed by atoms with E-state index in [-0.39, 0.29) is 6.54 Å². The van der Waals surface area contributed by atoms with Crippen molar-refractivity contribution >= 4 is 11.9 Å². The number of hydrogen-bond acceptors (Lipinski definition) is 4. The van der Waals surface area contributed by atoms with Crippen molar-refractivity contribution in [1.29, 1.82) is 0 Å². The Bertz CT molecular complexity index is 435. The molecule has 0 heterocycles. The summed E-state index contributed by atoms with van der Waals surface area (Å²) in [7, 11) is 0. The molecule has 0 fully saturated rings. The summed E-state index contributed by atoms with van der Waals surface area (Å²) in [6.07, 6.45) is 2.79. The van der Waals surface area contributed by atoms with Gasteiger partial charge in [0.1, 0.15) is 11.8 Å². The third-order valence-electron chi connectivity index (χ3n) is 2.95. The van der Waals surface area contributed by atoms with Crippen molar-refractivity contribution < 1.29 is 24.5 Å². The third-order valence-corrected chi connectivity index (χ3v) is 2.95.